The molecule has 0 bridgehead atoms. The third-order valence-electron chi connectivity index (χ3n) is 4.02. The first kappa shape index (κ1) is 14.6. The lowest BCUT2D eigenvalue weighted by atomic mass is 10.1. The predicted molar refractivity (Wildman–Crippen MR) is 93.1 cm³/mol. The molecule has 5 nitrogen and oxygen atoms in total. The molecule has 1 aromatic carbocycles. The summed E-state index contributed by atoms with van der Waals surface area (Å²) in [7, 11) is 0. The van der Waals surface area contributed by atoms with E-state index in [0.717, 1.165) is 35.1 Å². The molecule has 3 heterocycles. The van der Waals surface area contributed by atoms with Crippen molar-refractivity contribution in [3.05, 3.63) is 66.2 Å². The van der Waals surface area contributed by atoms with Gasteiger partial charge in [0.25, 0.3) is 0 Å². The van der Waals surface area contributed by atoms with E-state index in [9.17, 15) is 0 Å². The first-order valence-electron chi connectivity index (χ1n) is 8.02. The number of hydrogen-bond acceptors (Lipinski definition) is 5. The first-order valence-corrected chi connectivity index (χ1v) is 8.02. The number of rotatable bonds is 4. The fourth-order valence-corrected chi connectivity index (χ4v) is 2.91. The third kappa shape index (κ3) is 3.06. The molecule has 0 saturated carbocycles. The van der Waals surface area contributed by atoms with E-state index >= 15 is 0 Å². The maximum atomic E-state index is 5.96. The summed E-state index contributed by atoms with van der Waals surface area (Å²) >= 11 is 0. The van der Waals surface area contributed by atoms with Gasteiger partial charge in [-0.25, -0.2) is 9.97 Å². The number of aryl methyl sites for hydroxylation is 1. The number of nitrogens with zero attached hydrogens (tertiary/aromatic N) is 3. The molecule has 2 aromatic heterocycles. The van der Waals surface area contributed by atoms with Crippen molar-refractivity contribution < 1.29 is 4.74 Å². The molecule has 5 heteroatoms. The van der Waals surface area contributed by atoms with Crippen LogP contribution in [0, 0.1) is 6.92 Å². The van der Waals surface area contributed by atoms with Crippen LogP contribution in [0.1, 0.15) is 11.4 Å². The summed E-state index contributed by atoms with van der Waals surface area (Å²) in [6.45, 7) is 2.60. The number of benzene rings is 1. The predicted octanol–water partition coefficient (Wildman–Crippen LogP) is 3.26. The highest BCUT2D eigenvalue weighted by atomic mass is 16.5. The van der Waals surface area contributed by atoms with Gasteiger partial charge in [0.15, 0.2) is 0 Å². The van der Waals surface area contributed by atoms with Crippen LogP contribution < -0.4 is 10.1 Å². The summed E-state index contributed by atoms with van der Waals surface area (Å²) in [6.07, 6.45) is 4.61. The number of para-hydroxylation sites is 1. The zero-order valence-corrected chi connectivity index (χ0v) is 13.4. The maximum absolute atomic E-state index is 5.96. The van der Waals surface area contributed by atoms with Crippen molar-refractivity contribution in [2.24, 2.45) is 0 Å². The molecule has 1 atom stereocenters. The van der Waals surface area contributed by atoms with Crippen LogP contribution >= 0.6 is 0 Å². The molecular formula is C19H18N4O. The largest absolute Gasteiger partial charge is 0.488 e. The number of nitrogens with one attached hydrogen (secondary N) is 1. The molecule has 1 aliphatic rings. The van der Waals surface area contributed by atoms with Crippen LogP contribution in [-0.4, -0.2) is 27.6 Å². The van der Waals surface area contributed by atoms with Crippen LogP contribution in [0.15, 0.2) is 54.9 Å². The quantitative estimate of drug-likeness (QED) is 0.800. The Labute approximate surface area is 140 Å². The minimum atomic E-state index is 0.125. The molecular weight excluding hydrogens is 300 g/mol. The average Bonchev–Trinajstić information content (AvgIpc) is 3.03. The molecule has 0 fully saturated rings. The average molecular weight is 318 g/mol. The molecule has 0 aliphatic carbocycles. The molecule has 0 spiro atoms. The molecule has 120 valence electrons. The standard InChI is InChI=1S/C19H18N4O/c1-13-22-17(15-6-4-8-20-11-15)10-19(23-13)21-12-16-9-14-5-2-3-7-18(14)24-16/h2-8,10-11,16H,9,12H2,1H3,(H,21,22,23). The van der Waals surface area contributed by atoms with Gasteiger partial charge in [-0.2, -0.15) is 0 Å². The third-order valence-corrected chi connectivity index (χ3v) is 4.02. The number of anilines is 1. The molecule has 0 saturated heterocycles. The summed E-state index contributed by atoms with van der Waals surface area (Å²) in [5.74, 6) is 2.52. The van der Waals surface area contributed by atoms with E-state index in [2.05, 4.69) is 26.3 Å². The Morgan fingerprint density at radius 2 is 2.08 bits per heavy atom. The van der Waals surface area contributed by atoms with E-state index in [1.807, 2.05) is 49.5 Å². The number of hydrogen-bond donors (Lipinski definition) is 1. The lowest BCUT2D eigenvalue weighted by Gasteiger charge is -2.13. The Balaban J connectivity index is 1.47. The Hall–Kier alpha value is -2.95. The smallest absolute Gasteiger partial charge is 0.130 e. The maximum Gasteiger partial charge on any atom is 0.130 e. The molecule has 0 amide bonds. The monoisotopic (exact) mass is 318 g/mol. The van der Waals surface area contributed by atoms with Crippen molar-refractivity contribution in [1.82, 2.24) is 15.0 Å². The molecule has 0 radical (unpaired) electrons. The Morgan fingerprint density at radius 3 is 2.92 bits per heavy atom. The summed E-state index contributed by atoms with van der Waals surface area (Å²) in [6, 6.07) is 14.0. The number of fused-ring (bicyclic) bond motifs is 1. The van der Waals surface area contributed by atoms with Gasteiger partial charge in [-0.1, -0.05) is 18.2 Å². The van der Waals surface area contributed by atoms with E-state index in [0.29, 0.717) is 6.54 Å². The highest BCUT2D eigenvalue weighted by Crippen LogP contribution is 2.28. The summed E-state index contributed by atoms with van der Waals surface area (Å²) in [4.78, 5) is 13.1. The Kier molecular flexibility index (Phi) is 3.83. The van der Waals surface area contributed by atoms with Gasteiger partial charge in [-0.05, 0) is 30.7 Å². The Bertz CT molecular complexity index is 826. The van der Waals surface area contributed by atoms with Gasteiger partial charge in [0, 0.05) is 30.4 Å². The minimum Gasteiger partial charge on any atom is -0.488 e. The highest BCUT2D eigenvalue weighted by Gasteiger charge is 2.22. The van der Waals surface area contributed by atoms with Gasteiger partial charge >= 0.3 is 0 Å². The van der Waals surface area contributed by atoms with Crippen LogP contribution in [0.5, 0.6) is 5.75 Å². The topological polar surface area (TPSA) is 59.9 Å². The fraction of sp³-hybridized carbons (Fsp3) is 0.211. The number of pyridine rings is 1. The van der Waals surface area contributed by atoms with Crippen LogP contribution in [0.25, 0.3) is 11.3 Å². The summed E-state index contributed by atoms with van der Waals surface area (Å²) in [5.41, 5.74) is 3.11. The normalized spacial score (nSPS) is 15.6. The van der Waals surface area contributed by atoms with Crippen molar-refractivity contribution in [2.45, 2.75) is 19.4 Å². The molecule has 1 aliphatic heterocycles. The van der Waals surface area contributed by atoms with Crippen molar-refractivity contribution in [3.8, 4) is 17.0 Å². The Morgan fingerprint density at radius 1 is 1.17 bits per heavy atom. The van der Waals surface area contributed by atoms with Gasteiger partial charge in [0.2, 0.25) is 0 Å². The van der Waals surface area contributed by atoms with Gasteiger partial charge in [-0.3, -0.25) is 4.98 Å². The lowest BCUT2D eigenvalue weighted by molar-refractivity contribution is 0.246. The lowest BCUT2D eigenvalue weighted by Crippen LogP contribution is -2.24. The van der Waals surface area contributed by atoms with Crippen LogP contribution in [0.4, 0.5) is 5.82 Å². The highest BCUT2D eigenvalue weighted by molar-refractivity contribution is 5.61. The van der Waals surface area contributed by atoms with E-state index in [1.54, 1.807) is 6.20 Å². The minimum absolute atomic E-state index is 0.125. The molecule has 1 unspecified atom stereocenters. The molecule has 24 heavy (non-hydrogen) atoms. The van der Waals surface area contributed by atoms with E-state index in [1.165, 1.54) is 5.56 Å². The van der Waals surface area contributed by atoms with Crippen molar-refractivity contribution >= 4 is 5.82 Å². The van der Waals surface area contributed by atoms with Crippen LogP contribution in [0.2, 0.25) is 0 Å². The van der Waals surface area contributed by atoms with E-state index < -0.39 is 0 Å². The van der Waals surface area contributed by atoms with Crippen molar-refractivity contribution in [2.75, 3.05) is 11.9 Å². The zero-order chi connectivity index (χ0) is 16.4. The summed E-state index contributed by atoms with van der Waals surface area (Å²) < 4.78 is 5.96. The van der Waals surface area contributed by atoms with Gasteiger partial charge in [-0.15, -0.1) is 0 Å². The number of ether oxygens (including phenoxy) is 1. The van der Waals surface area contributed by atoms with Gasteiger partial charge in [0.05, 0.1) is 12.2 Å². The SMILES string of the molecule is Cc1nc(NCC2Cc3ccccc3O2)cc(-c2cccnc2)n1. The molecule has 4 rings (SSSR count). The second kappa shape index (κ2) is 6.28. The zero-order valence-electron chi connectivity index (χ0n) is 13.4. The molecule has 3 aromatic rings. The first-order chi connectivity index (χ1) is 11.8. The van der Waals surface area contributed by atoms with Crippen LogP contribution in [0.3, 0.4) is 0 Å². The van der Waals surface area contributed by atoms with Gasteiger partial charge < -0.3 is 10.1 Å². The molecule has 1 N–H and O–H groups in total. The van der Waals surface area contributed by atoms with Crippen molar-refractivity contribution in [3.63, 3.8) is 0 Å². The summed E-state index contributed by atoms with van der Waals surface area (Å²) in [5, 5.41) is 3.38. The second-order valence-corrected chi connectivity index (χ2v) is 5.86. The van der Waals surface area contributed by atoms with E-state index in [-0.39, 0.29) is 6.10 Å². The van der Waals surface area contributed by atoms with E-state index in [4.69, 9.17) is 4.74 Å². The number of aromatic nitrogens is 3. The van der Waals surface area contributed by atoms with Crippen LogP contribution in [-0.2, 0) is 6.42 Å². The van der Waals surface area contributed by atoms with Gasteiger partial charge in [0.1, 0.15) is 23.5 Å². The van der Waals surface area contributed by atoms with Crippen molar-refractivity contribution in [1.29, 1.82) is 0 Å². The fourth-order valence-electron chi connectivity index (χ4n) is 2.91. The second-order valence-electron chi connectivity index (χ2n) is 5.86.